The molecule has 0 nitrogen and oxygen atoms in total. The van der Waals surface area contributed by atoms with E-state index in [1.807, 2.05) is 0 Å². The highest BCUT2D eigenvalue weighted by Crippen LogP contribution is 2.09. The van der Waals surface area contributed by atoms with Crippen LogP contribution in [0.5, 0.6) is 0 Å². The molecule has 0 N–H and O–H groups in total. The van der Waals surface area contributed by atoms with Crippen LogP contribution in [-0.2, 0) is 0 Å². The first-order valence-electron chi connectivity index (χ1n) is 10.5. The zero-order valence-electron chi connectivity index (χ0n) is 18.3. The normalized spacial score (nSPS) is 11.4. The fourth-order valence-electron chi connectivity index (χ4n) is 4.12. The molecule has 0 unspecified atom stereocenters. The molecule has 0 atom stereocenters. The molecule has 4 aromatic carbocycles. The molecule has 0 aliphatic heterocycles. The van der Waals surface area contributed by atoms with Gasteiger partial charge in [0.05, 0.1) is 0 Å². The molecule has 0 saturated heterocycles. The van der Waals surface area contributed by atoms with Crippen molar-refractivity contribution in [2.75, 3.05) is 0 Å². The molecule has 35 heavy (non-hydrogen) atoms. The van der Waals surface area contributed by atoms with Gasteiger partial charge in [-0.05, 0) is 0 Å². The first kappa shape index (κ1) is 27.8. The molecule has 0 bridgehead atoms. The van der Waals surface area contributed by atoms with Crippen molar-refractivity contribution in [3.63, 3.8) is 0 Å². The van der Waals surface area contributed by atoms with E-state index in [-0.39, 0.29) is 0 Å². The lowest BCUT2D eigenvalue weighted by Gasteiger charge is -2.44. The molecule has 0 aliphatic carbocycles. The Morgan fingerprint density at radius 2 is 0.429 bits per heavy atom. The van der Waals surface area contributed by atoms with Crippen molar-refractivity contribution in [2.24, 2.45) is 0 Å². The van der Waals surface area contributed by atoms with Crippen molar-refractivity contribution < 1.29 is 34.5 Å². The maximum atomic E-state index is 9.75. The molecular formula is C24H20B3F8-3. The van der Waals surface area contributed by atoms with E-state index in [2.05, 4.69) is 121 Å². The zero-order chi connectivity index (χ0) is 26.0. The van der Waals surface area contributed by atoms with Crippen molar-refractivity contribution in [3.8, 4) is 0 Å². The zero-order valence-corrected chi connectivity index (χ0v) is 18.3. The summed E-state index contributed by atoms with van der Waals surface area (Å²) in [6.07, 6.45) is -1.22. The summed E-state index contributed by atoms with van der Waals surface area (Å²) in [6, 6.07) is 43.5. The molecule has 184 valence electrons. The number of benzene rings is 4. The van der Waals surface area contributed by atoms with Crippen LogP contribution in [0.15, 0.2) is 121 Å². The maximum absolute atomic E-state index is 9.75. The third-order valence-electron chi connectivity index (χ3n) is 5.20. The molecule has 0 amide bonds. The molecule has 4 aromatic rings. The molecule has 0 radical (unpaired) electrons. The smallest absolute Gasteiger partial charge is 0.418 e. The monoisotopic (exact) mass is 493 g/mol. The summed E-state index contributed by atoms with van der Waals surface area (Å²) >= 11 is 0. The third-order valence-corrected chi connectivity index (χ3v) is 5.20. The quantitative estimate of drug-likeness (QED) is 0.255. The Bertz CT molecular complexity index is 934. The lowest BCUT2D eigenvalue weighted by atomic mass is 9.13. The van der Waals surface area contributed by atoms with E-state index in [1.54, 1.807) is 0 Å². The summed E-state index contributed by atoms with van der Waals surface area (Å²) in [5, 5.41) is 0. The first-order valence-corrected chi connectivity index (χ1v) is 10.5. The lowest BCUT2D eigenvalue weighted by molar-refractivity contribution is 0.366. The Hall–Kier alpha value is -3.49. The number of hydrogen-bond acceptors (Lipinski definition) is 0. The van der Waals surface area contributed by atoms with Gasteiger partial charge in [0, 0.05) is 0 Å². The molecular weight excluding hydrogens is 473 g/mol. The summed E-state index contributed by atoms with van der Waals surface area (Å²) in [4.78, 5) is 0. The summed E-state index contributed by atoms with van der Waals surface area (Å²) in [5.41, 5.74) is 5.36. The van der Waals surface area contributed by atoms with Gasteiger partial charge in [-0.25, -0.2) is 0 Å². The minimum Gasteiger partial charge on any atom is -0.418 e. The van der Waals surface area contributed by atoms with E-state index >= 15 is 0 Å². The van der Waals surface area contributed by atoms with Crippen LogP contribution in [0.25, 0.3) is 0 Å². The average molecular weight is 493 g/mol. The standard InChI is InChI=1S/C24H20B.2BF4/c1-5-13-21(14-6-1)25(22-15-7-2-8-16-22,23-17-9-3-10-18-23)24-19-11-4-12-20-24;2*2-1(3,4)5/h1-20H;;/q3*-1. The van der Waals surface area contributed by atoms with E-state index in [1.165, 1.54) is 21.9 Å². The van der Waals surface area contributed by atoms with Gasteiger partial charge in [-0.3, -0.25) is 0 Å². The van der Waals surface area contributed by atoms with E-state index < -0.39 is 20.7 Å². The number of halogens is 8. The van der Waals surface area contributed by atoms with E-state index in [0.29, 0.717) is 0 Å². The molecule has 0 aromatic heterocycles. The van der Waals surface area contributed by atoms with Crippen LogP contribution in [0.2, 0.25) is 0 Å². The van der Waals surface area contributed by atoms with Crippen molar-refractivity contribution in [1.82, 2.24) is 0 Å². The largest absolute Gasteiger partial charge is 0.673 e. The molecule has 4 rings (SSSR count). The second-order valence-electron chi connectivity index (χ2n) is 7.50. The lowest BCUT2D eigenvalue weighted by Crippen LogP contribution is -2.74. The Morgan fingerprint density at radius 1 is 0.286 bits per heavy atom. The van der Waals surface area contributed by atoms with Gasteiger partial charge in [0.2, 0.25) is 0 Å². The van der Waals surface area contributed by atoms with Gasteiger partial charge in [-0.15, -0.1) is 0 Å². The van der Waals surface area contributed by atoms with Crippen molar-refractivity contribution in [2.45, 2.75) is 0 Å². The average Bonchev–Trinajstić information content (AvgIpc) is 2.80. The highest BCUT2D eigenvalue weighted by Gasteiger charge is 2.31. The highest BCUT2D eigenvalue weighted by molar-refractivity contribution is 7.19. The Labute approximate surface area is 198 Å². The Kier molecular flexibility index (Phi) is 9.74. The molecule has 0 spiro atoms. The van der Waals surface area contributed by atoms with Gasteiger partial charge < -0.3 is 34.5 Å². The second-order valence-corrected chi connectivity index (χ2v) is 7.50. The van der Waals surface area contributed by atoms with E-state index in [9.17, 15) is 34.5 Å². The summed E-state index contributed by atoms with van der Waals surface area (Å²) in [7, 11) is -12.0. The maximum Gasteiger partial charge on any atom is 0.673 e. The van der Waals surface area contributed by atoms with E-state index in [0.717, 1.165) is 0 Å². The van der Waals surface area contributed by atoms with Crippen molar-refractivity contribution in [3.05, 3.63) is 121 Å². The summed E-state index contributed by atoms with van der Waals surface area (Å²) in [6.45, 7) is 0. The third kappa shape index (κ3) is 9.00. The van der Waals surface area contributed by atoms with Crippen LogP contribution >= 0.6 is 0 Å². The second kappa shape index (κ2) is 12.3. The molecule has 11 heteroatoms. The van der Waals surface area contributed by atoms with Crippen LogP contribution in [0.4, 0.5) is 34.5 Å². The topological polar surface area (TPSA) is 0 Å². The van der Waals surface area contributed by atoms with Crippen molar-refractivity contribution >= 4 is 42.5 Å². The van der Waals surface area contributed by atoms with Crippen molar-refractivity contribution in [1.29, 1.82) is 0 Å². The minimum atomic E-state index is -6.00. The first-order chi connectivity index (χ1) is 16.4. The van der Waals surface area contributed by atoms with Crippen LogP contribution in [0.3, 0.4) is 0 Å². The number of rotatable bonds is 4. The van der Waals surface area contributed by atoms with E-state index in [4.69, 9.17) is 0 Å². The van der Waals surface area contributed by atoms with Gasteiger partial charge >= 0.3 is 14.5 Å². The Balaban J connectivity index is 0.000000368. The molecule has 0 saturated carbocycles. The van der Waals surface area contributed by atoms with Crippen LogP contribution in [-0.4, -0.2) is 20.7 Å². The Morgan fingerprint density at radius 3 is 0.571 bits per heavy atom. The molecule has 0 aliphatic rings. The van der Waals surface area contributed by atoms with Gasteiger partial charge in [0.15, 0.2) is 0 Å². The summed E-state index contributed by atoms with van der Waals surface area (Å²) in [5.74, 6) is 0. The molecule has 0 fully saturated rings. The molecule has 0 heterocycles. The predicted octanol–water partition coefficient (Wildman–Crippen LogP) is 5.66. The van der Waals surface area contributed by atoms with Gasteiger partial charge in [-0.1, -0.05) is 121 Å². The van der Waals surface area contributed by atoms with Gasteiger partial charge in [0.1, 0.15) is 6.15 Å². The van der Waals surface area contributed by atoms with Crippen LogP contribution in [0, 0.1) is 0 Å². The minimum absolute atomic E-state index is 1.22. The fourth-order valence-corrected chi connectivity index (χ4v) is 4.12. The van der Waals surface area contributed by atoms with Gasteiger partial charge in [-0.2, -0.15) is 21.9 Å². The SMILES string of the molecule is F[B-](F)(F)F.F[B-](F)(F)F.c1ccc([B-](c2ccccc2)(c2ccccc2)c2ccccc2)cc1. The highest BCUT2D eigenvalue weighted by atomic mass is 19.5. The van der Waals surface area contributed by atoms with Crippen LogP contribution < -0.4 is 21.9 Å². The fraction of sp³-hybridized carbons (Fsp3) is 0. The predicted molar refractivity (Wildman–Crippen MR) is 130 cm³/mol. The van der Waals surface area contributed by atoms with Gasteiger partial charge in [0.25, 0.3) is 0 Å². The summed E-state index contributed by atoms with van der Waals surface area (Å²) < 4.78 is 78.0. The van der Waals surface area contributed by atoms with Crippen LogP contribution in [0.1, 0.15) is 0 Å². The number of hydrogen-bond donors (Lipinski definition) is 0.